The molecule has 0 saturated heterocycles. The fourth-order valence-electron chi connectivity index (χ4n) is 1.79. The van der Waals surface area contributed by atoms with Crippen LogP contribution in [0.4, 0.5) is 5.69 Å². The number of amides is 1. The molecule has 4 heteroatoms. The Morgan fingerprint density at radius 3 is 2.74 bits per heavy atom. The number of hydrogen-bond acceptors (Lipinski definition) is 3. The SMILES string of the molecule is CCCCCNC(=O)CCNc1ccccc1OC. The molecule has 1 rings (SSSR count). The maximum absolute atomic E-state index is 11.6. The Kier molecular flexibility index (Phi) is 7.47. The Morgan fingerprint density at radius 2 is 2.00 bits per heavy atom. The molecular formula is C15H24N2O2. The zero-order chi connectivity index (χ0) is 13.9. The van der Waals surface area contributed by atoms with E-state index in [1.807, 2.05) is 24.3 Å². The summed E-state index contributed by atoms with van der Waals surface area (Å²) in [4.78, 5) is 11.6. The van der Waals surface area contributed by atoms with Crippen LogP contribution in [-0.2, 0) is 4.79 Å². The third-order valence-electron chi connectivity index (χ3n) is 2.88. The topological polar surface area (TPSA) is 50.4 Å². The van der Waals surface area contributed by atoms with E-state index in [2.05, 4.69) is 17.6 Å². The van der Waals surface area contributed by atoms with Gasteiger partial charge < -0.3 is 15.4 Å². The van der Waals surface area contributed by atoms with Gasteiger partial charge in [-0.2, -0.15) is 0 Å². The van der Waals surface area contributed by atoms with Crippen LogP contribution in [0.5, 0.6) is 5.75 Å². The van der Waals surface area contributed by atoms with E-state index >= 15 is 0 Å². The van der Waals surface area contributed by atoms with Crippen LogP contribution in [0.25, 0.3) is 0 Å². The van der Waals surface area contributed by atoms with Gasteiger partial charge in [-0.15, -0.1) is 0 Å². The van der Waals surface area contributed by atoms with Crippen LogP contribution in [0, 0.1) is 0 Å². The molecule has 0 unspecified atom stereocenters. The van der Waals surface area contributed by atoms with Crippen LogP contribution < -0.4 is 15.4 Å². The van der Waals surface area contributed by atoms with Crippen LogP contribution in [0.3, 0.4) is 0 Å². The molecule has 0 saturated carbocycles. The second kappa shape index (κ2) is 9.25. The number of hydrogen-bond donors (Lipinski definition) is 2. The molecule has 0 fully saturated rings. The van der Waals surface area contributed by atoms with Crippen molar-refractivity contribution in [1.29, 1.82) is 0 Å². The van der Waals surface area contributed by atoms with E-state index in [0.717, 1.165) is 24.4 Å². The van der Waals surface area contributed by atoms with Crippen LogP contribution in [-0.4, -0.2) is 26.1 Å². The summed E-state index contributed by atoms with van der Waals surface area (Å²) in [5, 5.41) is 6.13. The minimum Gasteiger partial charge on any atom is -0.495 e. The Morgan fingerprint density at radius 1 is 1.21 bits per heavy atom. The second-order valence-electron chi connectivity index (χ2n) is 4.43. The van der Waals surface area contributed by atoms with Crippen LogP contribution >= 0.6 is 0 Å². The predicted molar refractivity (Wildman–Crippen MR) is 78.6 cm³/mol. The van der Waals surface area contributed by atoms with E-state index in [1.54, 1.807) is 7.11 Å². The molecule has 19 heavy (non-hydrogen) atoms. The molecular weight excluding hydrogens is 240 g/mol. The van der Waals surface area contributed by atoms with Gasteiger partial charge in [0.15, 0.2) is 0 Å². The summed E-state index contributed by atoms with van der Waals surface area (Å²) in [6, 6.07) is 7.70. The third kappa shape index (κ3) is 6.13. The fraction of sp³-hybridized carbons (Fsp3) is 0.533. The Hall–Kier alpha value is -1.71. The second-order valence-corrected chi connectivity index (χ2v) is 4.43. The largest absolute Gasteiger partial charge is 0.495 e. The molecule has 106 valence electrons. The summed E-state index contributed by atoms with van der Waals surface area (Å²) < 4.78 is 5.23. The van der Waals surface area contributed by atoms with Crippen LogP contribution in [0.2, 0.25) is 0 Å². The quantitative estimate of drug-likeness (QED) is 0.674. The summed E-state index contributed by atoms with van der Waals surface area (Å²) in [6.07, 6.45) is 3.87. The molecule has 0 aliphatic heterocycles. The van der Waals surface area contributed by atoms with Crippen molar-refractivity contribution in [2.45, 2.75) is 32.6 Å². The monoisotopic (exact) mass is 264 g/mol. The van der Waals surface area contributed by atoms with Crippen molar-refractivity contribution in [3.8, 4) is 5.75 Å². The molecule has 4 nitrogen and oxygen atoms in total. The van der Waals surface area contributed by atoms with Crippen molar-refractivity contribution < 1.29 is 9.53 Å². The number of anilines is 1. The van der Waals surface area contributed by atoms with E-state index in [-0.39, 0.29) is 5.91 Å². The lowest BCUT2D eigenvalue weighted by molar-refractivity contribution is -0.120. The fourth-order valence-corrected chi connectivity index (χ4v) is 1.79. The van der Waals surface area contributed by atoms with Gasteiger partial charge >= 0.3 is 0 Å². The molecule has 0 aromatic heterocycles. The Bertz CT molecular complexity index is 380. The van der Waals surface area contributed by atoms with Crippen LogP contribution in [0.15, 0.2) is 24.3 Å². The maximum atomic E-state index is 11.6. The third-order valence-corrected chi connectivity index (χ3v) is 2.88. The van der Waals surface area contributed by atoms with Crippen LogP contribution in [0.1, 0.15) is 32.6 Å². The molecule has 0 aliphatic rings. The summed E-state index contributed by atoms with van der Waals surface area (Å²) >= 11 is 0. The molecule has 0 aliphatic carbocycles. The number of methoxy groups -OCH3 is 1. The molecule has 2 N–H and O–H groups in total. The average molecular weight is 264 g/mol. The highest BCUT2D eigenvalue weighted by molar-refractivity contribution is 5.76. The molecule has 0 bridgehead atoms. The molecule has 0 radical (unpaired) electrons. The van der Waals surface area contributed by atoms with Gasteiger partial charge in [-0.1, -0.05) is 31.9 Å². The van der Waals surface area contributed by atoms with Crippen molar-refractivity contribution in [2.75, 3.05) is 25.5 Å². The van der Waals surface area contributed by atoms with Crippen molar-refractivity contribution in [3.63, 3.8) is 0 Å². The lowest BCUT2D eigenvalue weighted by Crippen LogP contribution is -2.26. The summed E-state index contributed by atoms with van der Waals surface area (Å²) in [5.41, 5.74) is 0.920. The lowest BCUT2D eigenvalue weighted by Gasteiger charge is -2.10. The van der Waals surface area contributed by atoms with Crippen molar-refractivity contribution in [1.82, 2.24) is 5.32 Å². The van der Waals surface area contributed by atoms with Crippen molar-refractivity contribution in [2.24, 2.45) is 0 Å². The Labute approximate surface area is 115 Å². The summed E-state index contributed by atoms with van der Waals surface area (Å²) in [7, 11) is 1.64. The molecule has 0 heterocycles. The van der Waals surface area contributed by atoms with E-state index in [0.29, 0.717) is 13.0 Å². The smallest absolute Gasteiger partial charge is 0.221 e. The Balaban J connectivity index is 2.20. The minimum absolute atomic E-state index is 0.0958. The number of para-hydroxylation sites is 2. The first-order valence-corrected chi connectivity index (χ1v) is 6.91. The van der Waals surface area contributed by atoms with Gasteiger partial charge in [0, 0.05) is 19.5 Å². The maximum Gasteiger partial charge on any atom is 0.221 e. The molecule has 1 amide bonds. The average Bonchev–Trinajstić information content (AvgIpc) is 2.44. The molecule has 1 aromatic carbocycles. The van der Waals surface area contributed by atoms with Gasteiger partial charge in [-0.05, 0) is 18.6 Å². The normalized spacial score (nSPS) is 10.0. The highest BCUT2D eigenvalue weighted by atomic mass is 16.5. The number of rotatable bonds is 9. The minimum atomic E-state index is 0.0958. The number of nitrogens with one attached hydrogen (secondary N) is 2. The zero-order valence-corrected chi connectivity index (χ0v) is 11.9. The van der Waals surface area contributed by atoms with E-state index < -0.39 is 0 Å². The number of unbranched alkanes of at least 4 members (excludes halogenated alkanes) is 2. The van der Waals surface area contributed by atoms with Gasteiger partial charge in [-0.25, -0.2) is 0 Å². The van der Waals surface area contributed by atoms with E-state index in [4.69, 9.17) is 4.74 Å². The highest BCUT2D eigenvalue weighted by Crippen LogP contribution is 2.22. The summed E-state index contributed by atoms with van der Waals surface area (Å²) in [5.74, 6) is 0.893. The first kappa shape index (κ1) is 15.3. The zero-order valence-electron chi connectivity index (χ0n) is 11.9. The van der Waals surface area contributed by atoms with Gasteiger partial charge in [0.2, 0.25) is 5.91 Å². The van der Waals surface area contributed by atoms with Gasteiger partial charge in [-0.3, -0.25) is 4.79 Å². The lowest BCUT2D eigenvalue weighted by atomic mass is 10.2. The van der Waals surface area contributed by atoms with Gasteiger partial charge in [0.1, 0.15) is 5.75 Å². The van der Waals surface area contributed by atoms with Crippen molar-refractivity contribution >= 4 is 11.6 Å². The first-order chi connectivity index (χ1) is 9.27. The molecule has 0 spiro atoms. The summed E-state index contributed by atoms with van der Waals surface area (Å²) in [6.45, 7) is 3.54. The molecule has 1 aromatic rings. The number of carbonyl (C=O) groups is 1. The number of carbonyl (C=O) groups excluding carboxylic acids is 1. The van der Waals surface area contributed by atoms with E-state index in [9.17, 15) is 4.79 Å². The first-order valence-electron chi connectivity index (χ1n) is 6.91. The van der Waals surface area contributed by atoms with Crippen molar-refractivity contribution in [3.05, 3.63) is 24.3 Å². The van der Waals surface area contributed by atoms with E-state index in [1.165, 1.54) is 12.8 Å². The van der Waals surface area contributed by atoms with Gasteiger partial charge in [0.25, 0.3) is 0 Å². The van der Waals surface area contributed by atoms with Gasteiger partial charge in [0.05, 0.1) is 12.8 Å². The predicted octanol–water partition coefficient (Wildman–Crippen LogP) is 2.80. The number of benzene rings is 1. The molecule has 0 atom stereocenters. The number of ether oxygens (including phenoxy) is 1. The standard InChI is InChI=1S/C15H24N2O2/c1-3-4-7-11-17-15(18)10-12-16-13-8-5-6-9-14(13)19-2/h5-6,8-9,16H,3-4,7,10-12H2,1-2H3,(H,17,18). The highest BCUT2D eigenvalue weighted by Gasteiger charge is 2.03.